The van der Waals surface area contributed by atoms with Gasteiger partial charge in [-0.2, -0.15) is 11.8 Å². The fraction of sp³-hybridized carbons (Fsp3) is 0.667. The fourth-order valence-corrected chi connectivity index (χ4v) is 5.50. The number of thioether (sulfide) groups is 1. The van der Waals surface area contributed by atoms with E-state index in [9.17, 15) is 4.79 Å². The van der Waals surface area contributed by atoms with Crippen LogP contribution in [0.25, 0.3) is 0 Å². The van der Waals surface area contributed by atoms with Crippen LogP contribution in [-0.2, 0) is 16.0 Å². The molecule has 0 bridgehead atoms. The van der Waals surface area contributed by atoms with Crippen LogP contribution in [0, 0.1) is 0 Å². The van der Waals surface area contributed by atoms with Crippen molar-refractivity contribution in [2.75, 3.05) is 18.1 Å². The molecule has 1 N–H and O–H groups in total. The molecule has 2 aliphatic heterocycles. The lowest BCUT2D eigenvalue weighted by atomic mass is 9.90. The van der Waals surface area contributed by atoms with Crippen LogP contribution in [0.3, 0.4) is 0 Å². The molecule has 2 fully saturated rings. The summed E-state index contributed by atoms with van der Waals surface area (Å²) in [7, 11) is 0. The number of amides is 1. The van der Waals surface area contributed by atoms with Crippen molar-refractivity contribution in [2.45, 2.75) is 43.7 Å². The Kier molecular flexibility index (Phi) is 5.15. The van der Waals surface area contributed by atoms with E-state index in [0.717, 1.165) is 42.4 Å². The van der Waals surface area contributed by atoms with E-state index in [1.807, 2.05) is 23.9 Å². The number of halogens is 1. The van der Waals surface area contributed by atoms with E-state index in [4.69, 9.17) is 16.3 Å². The molecule has 1 aromatic rings. The smallest absolute Gasteiger partial charge is 0.220 e. The third kappa shape index (κ3) is 4.15. The van der Waals surface area contributed by atoms with Gasteiger partial charge in [0.2, 0.25) is 5.91 Å². The lowest BCUT2D eigenvalue weighted by Crippen LogP contribution is -2.48. The lowest BCUT2D eigenvalue weighted by Gasteiger charge is -2.38. The Labute approximate surface area is 138 Å². The Bertz CT molecular complexity index is 500. The Morgan fingerprint density at radius 1 is 1.52 bits per heavy atom. The molecule has 6 heteroatoms. The van der Waals surface area contributed by atoms with Crippen LogP contribution in [-0.4, -0.2) is 35.7 Å². The third-order valence-electron chi connectivity index (χ3n) is 4.15. The summed E-state index contributed by atoms with van der Waals surface area (Å²) in [6.07, 6.45) is 4.33. The first kappa shape index (κ1) is 15.7. The maximum Gasteiger partial charge on any atom is 0.220 e. The first-order valence-electron chi connectivity index (χ1n) is 7.41. The third-order valence-corrected chi connectivity index (χ3v) is 6.67. The topological polar surface area (TPSA) is 38.3 Å². The Balaban J connectivity index is 1.46. The predicted molar refractivity (Wildman–Crippen MR) is 89.4 cm³/mol. The van der Waals surface area contributed by atoms with Gasteiger partial charge < -0.3 is 10.1 Å². The molecule has 0 saturated carbocycles. The zero-order valence-corrected chi connectivity index (χ0v) is 14.3. The summed E-state index contributed by atoms with van der Waals surface area (Å²) in [6, 6.07) is 4.16. The van der Waals surface area contributed by atoms with Crippen LogP contribution in [0.5, 0.6) is 0 Å². The van der Waals surface area contributed by atoms with E-state index in [1.54, 1.807) is 11.3 Å². The number of hydrogen-bond acceptors (Lipinski definition) is 4. The zero-order chi connectivity index (χ0) is 14.7. The summed E-state index contributed by atoms with van der Waals surface area (Å²) in [6.45, 7) is 0.770. The van der Waals surface area contributed by atoms with Gasteiger partial charge in [0.15, 0.2) is 0 Å². The fourth-order valence-electron chi connectivity index (χ4n) is 3.04. The molecule has 2 aliphatic rings. The number of thiophene rings is 1. The highest BCUT2D eigenvalue weighted by atomic mass is 35.5. The molecule has 21 heavy (non-hydrogen) atoms. The van der Waals surface area contributed by atoms with E-state index < -0.39 is 0 Å². The molecule has 1 amide bonds. The molecule has 2 unspecified atom stereocenters. The van der Waals surface area contributed by atoms with E-state index in [1.165, 1.54) is 10.6 Å². The number of rotatable bonds is 4. The monoisotopic (exact) mass is 345 g/mol. The largest absolute Gasteiger partial charge is 0.374 e. The molecular formula is C15H20ClNO2S2. The van der Waals surface area contributed by atoms with E-state index in [-0.39, 0.29) is 17.6 Å². The van der Waals surface area contributed by atoms with Gasteiger partial charge >= 0.3 is 0 Å². The second kappa shape index (κ2) is 6.90. The molecule has 1 spiro atoms. The quantitative estimate of drug-likeness (QED) is 0.907. The number of nitrogens with one attached hydrogen (secondary N) is 1. The van der Waals surface area contributed by atoms with Gasteiger partial charge in [-0.1, -0.05) is 11.6 Å². The van der Waals surface area contributed by atoms with Gasteiger partial charge in [-0.05, 0) is 43.6 Å². The van der Waals surface area contributed by atoms with Gasteiger partial charge in [0.05, 0.1) is 9.94 Å². The molecule has 1 aromatic heterocycles. The van der Waals surface area contributed by atoms with Crippen LogP contribution >= 0.6 is 34.7 Å². The highest BCUT2D eigenvalue weighted by molar-refractivity contribution is 7.99. The Hall–Kier alpha value is -0.230. The minimum Gasteiger partial charge on any atom is -0.374 e. The molecule has 3 nitrogen and oxygen atoms in total. The van der Waals surface area contributed by atoms with E-state index >= 15 is 0 Å². The molecule has 2 saturated heterocycles. The summed E-state index contributed by atoms with van der Waals surface area (Å²) in [5.41, 5.74) is 0.0299. The minimum atomic E-state index is 0.0299. The highest BCUT2D eigenvalue weighted by Gasteiger charge is 2.40. The van der Waals surface area contributed by atoms with Crippen LogP contribution in [0.15, 0.2) is 12.1 Å². The van der Waals surface area contributed by atoms with Crippen molar-refractivity contribution in [3.8, 4) is 0 Å². The van der Waals surface area contributed by atoms with Crippen molar-refractivity contribution < 1.29 is 9.53 Å². The van der Waals surface area contributed by atoms with Gasteiger partial charge in [0.1, 0.15) is 0 Å². The average Bonchev–Trinajstić information content (AvgIpc) is 3.06. The lowest BCUT2D eigenvalue weighted by molar-refractivity contribution is -0.124. The number of aryl methyl sites for hydroxylation is 1. The van der Waals surface area contributed by atoms with E-state index in [2.05, 4.69) is 5.32 Å². The van der Waals surface area contributed by atoms with Gasteiger partial charge in [0.25, 0.3) is 0 Å². The van der Waals surface area contributed by atoms with Gasteiger partial charge in [-0.25, -0.2) is 0 Å². The maximum absolute atomic E-state index is 12.1. The minimum absolute atomic E-state index is 0.0299. The van der Waals surface area contributed by atoms with Crippen molar-refractivity contribution in [3.05, 3.63) is 21.3 Å². The van der Waals surface area contributed by atoms with Gasteiger partial charge in [-0.3, -0.25) is 4.79 Å². The Morgan fingerprint density at radius 3 is 3.14 bits per heavy atom. The summed E-state index contributed by atoms with van der Waals surface area (Å²) in [5.74, 6) is 2.40. The zero-order valence-electron chi connectivity index (χ0n) is 11.9. The highest BCUT2D eigenvalue weighted by Crippen LogP contribution is 2.38. The van der Waals surface area contributed by atoms with Crippen molar-refractivity contribution in [1.82, 2.24) is 5.32 Å². The first-order chi connectivity index (χ1) is 10.2. The number of carbonyl (C=O) groups is 1. The van der Waals surface area contributed by atoms with Crippen molar-refractivity contribution in [2.24, 2.45) is 0 Å². The number of ether oxygens (including phenoxy) is 1. The summed E-state index contributed by atoms with van der Waals surface area (Å²) >= 11 is 9.42. The summed E-state index contributed by atoms with van der Waals surface area (Å²) in [4.78, 5) is 13.3. The van der Waals surface area contributed by atoms with Crippen molar-refractivity contribution in [3.63, 3.8) is 0 Å². The molecule has 3 rings (SSSR count). The second-order valence-corrected chi connectivity index (χ2v) is 8.70. The first-order valence-corrected chi connectivity index (χ1v) is 9.75. The molecule has 2 atom stereocenters. The number of carbonyl (C=O) groups excluding carboxylic acids is 1. The van der Waals surface area contributed by atoms with Crippen LogP contribution < -0.4 is 5.32 Å². The van der Waals surface area contributed by atoms with Crippen molar-refractivity contribution >= 4 is 40.6 Å². The van der Waals surface area contributed by atoms with Gasteiger partial charge in [0, 0.05) is 29.7 Å². The van der Waals surface area contributed by atoms with Crippen LogP contribution in [0.4, 0.5) is 0 Å². The second-order valence-electron chi connectivity index (χ2n) is 5.80. The van der Waals surface area contributed by atoms with Crippen LogP contribution in [0.2, 0.25) is 4.34 Å². The molecular weight excluding hydrogens is 326 g/mol. The molecule has 3 heterocycles. The van der Waals surface area contributed by atoms with Crippen molar-refractivity contribution in [1.29, 1.82) is 0 Å². The molecule has 0 aliphatic carbocycles. The standard InChI is InChI=1S/C15H20ClNO2S2/c16-13-3-1-12(21-13)2-4-14(18)17-11-5-7-19-15(9-11)6-8-20-10-15/h1,3,11H,2,4-10H2,(H,17,18). The van der Waals surface area contributed by atoms with Gasteiger partial charge in [-0.15, -0.1) is 11.3 Å². The normalized spacial score (nSPS) is 28.9. The Morgan fingerprint density at radius 2 is 2.43 bits per heavy atom. The molecule has 0 radical (unpaired) electrons. The number of hydrogen-bond donors (Lipinski definition) is 1. The average molecular weight is 346 g/mol. The molecule has 116 valence electrons. The SMILES string of the molecule is O=C(CCc1ccc(Cl)s1)NC1CCOC2(CCSC2)C1. The van der Waals surface area contributed by atoms with Crippen LogP contribution in [0.1, 0.15) is 30.6 Å². The summed E-state index contributed by atoms with van der Waals surface area (Å²) < 4.78 is 6.77. The molecule has 0 aromatic carbocycles. The predicted octanol–water partition coefficient (Wildman–Crippen LogP) is 3.51. The van der Waals surface area contributed by atoms with E-state index in [0.29, 0.717) is 6.42 Å². The maximum atomic E-state index is 12.1. The summed E-state index contributed by atoms with van der Waals surface area (Å²) in [5, 5.41) is 3.19.